The molecule has 1 aromatic carbocycles. The third kappa shape index (κ3) is 1.83. The molecule has 1 N–H and O–H groups in total. The van der Waals surface area contributed by atoms with Crippen LogP contribution in [0, 0.1) is 11.6 Å². The summed E-state index contributed by atoms with van der Waals surface area (Å²) in [5.74, 6) is -1.52. The van der Waals surface area contributed by atoms with Crippen LogP contribution in [0.15, 0.2) is 23.8 Å². The van der Waals surface area contributed by atoms with E-state index in [1.807, 2.05) is 0 Å². The quantitative estimate of drug-likeness (QED) is 0.779. The Kier molecular flexibility index (Phi) is 2.73. The highest BCUT2D eigenvalue weighted by atomic mass is 19.1. The second-order valence-electron chi connectivity index (χ2n) is 3.80. The molecule has 0 fully saturated rings. The Bertz CT molecular complexity index is 460. The number of carbonyl (C=O) groups excluding carboxylic acids is 1. The molecular weight excluding hydrogens is 212 g/mol. The molecule has 2 nitrogen and oxygen atoms in total. The molecule has 0 spiro atoms. The van der Waals surface area contributed by atoms with Crippen LogP contribution in [0.25, 0.3) is 5.70 Å². The molecule has 0 unspecified atom stereocenters. The van der Waals surface area contributed by atoms with Crippen LogP contribution in [-0.4, -0.2) is 5.91 Å². The van der Waals surface area contributed by atoms with E-state index in [9.17, 15) is 13.6 Å². The van der Waals surface area contributed by atoms with Gasteiger partial charge in [-0.15, -0.1) is 0 Å². The zero-order chi connectivity index (χ0) is 11.7. The topological polar surface area (TPSA) is 29.1 Å². The number of carbonyl (C=O) groups is 1. The summed E-state index contributed by atoms with van der Waals surface area (Å²) in [6.07, 6.45) is 0.903. The Balaban J connectivity index is 2.55. The number of hydrogen-bond donors (Lipinski definition) is 1. The second kappa shape index (κ2) is 4.04. The molecule has 1 aliphatic rings. The van der Waals surface area contributed by atoms with E-state index in [-0.39, 0.29) is 17.2 Å². The van der Waals surface area contributed by atoms with Gasteiger partial charge in [0.25, 0.3) is 0 Å². The van der Waals surface area contributed by atoms with Gasteiger partial charge in [-0.25, -0.2) is 8.78 Å². The van der Waals surface area contributed by atoms with Crippen molar-refractivity contribution in [2.45, 2.75) is 19.8 Å². The number of hydrogen-bond acceptors (Lipinski definition) is 1. The van der Waals surface area contributed by atoms with Gasteiger partial charge in [-0.3, -0.25) is 4.79 Å². The minimum Gasteiger partial charge on any atom is -0.325 e. The van der Waals surface area contributed by atoms with Crippen molar-refractivity contribution < 1.29 is 13.6 Å². The normalized spacial score (nSPS) is 16.3. The van der Waals surface area contributed by atoms with Crippen LogP contribution in [0.5, 0.6) is 0 Å². The second-order valence-corrected chi connectivity index (χ2v) is 3.80. The first-order valence-electron chi connectivity index (χ1n) is 5.03. The van der Waals surface area contributed by atoms with Gasteiger partial charge in [0.05, 0.1) is 11.3 Å². The molecule has 16 heavy (non-hydrogen) atoms. The lowest BCUT2D eigenvalue weighted by atomic mass is 9.99. The van der Waals surface area contributed by atoms with E-state index in [0.29, 0.717) is 12.8 Å². The molecule has 1 amide bonds. The summed E-state index contributed by atoms with van der Waals surface area (Å²) >= 11 is 0. The van der Waals surface area contributed by atoms with Gasteiger partial charge >= 0.3 is 0 Å². The van der Waals surface area contributed by atoms with Crippen molar-refractivity contribution in [2.24, 2.45) is 0 Å². The number of amides is 1. The first-order chi connectivity index (χ1) is 7.59. The third-order valence-electron chi connectivity index (χ3n) is 2.63. The Morgan fingerprint density at radius 1 is 1.19 bits per heavy atom. The fraction of sp³-hybridized carbons (Fsp3) is 0.250. The van der Waals surface area contributed by atoms with Crippen molar-refractivity contribution >= 4 is 11.6 Å². The largest absolute Gasteiger partial charge is 0.325 e. The summed E-state index contributed by atoms with van der Waals surface area (Å²) in [5, 5.41) is 2.52. The predicted octanol–water partition coefficient (Wildman–Crippen LogP) is 2.61. The van der Waals surface area contributed by atoms with Gasteiger partial charge in [-0.1, -0.05) is 6.07 Å². The SMILES string of the molecule is CC1=C(c2c(F)cccc2F)NC(=O)CC1. The number of rotatable bonds is 1. The molecule has 4 heteroatoms. The monoisotopic (exact) mass is 223 g/mol. The Morgan fingerprint density at radius 2 is 1.81 bits per heavy atom. The minimum absolute atomic E-state index is 0.145. The maximum Gasteiger partial charge on any atom is 0.224 e. The Morgan fingerprint density at radius 3 is 2.44 bits per heavy atom. The van der Waals surface area contributed by atoms with Crippen LogP contribution < -0.4 is 5.32 Å². The van der Waals surface area contributed by atoms with Gasteiger partial charge in [-0.05, 0) is 31.1 Å². The number of nitrogens with one attached hydrogen (secondary N) is 1. The van der Waals surface area contributed by atoms with E-state index in [2.05, 4.69) is 5.32 Å². The Hall–Kier alpha value is -1.71. The van der Waals surface area contributed by atoms with E-state index in [4.69, 9.17) is 0 Å². The fourth-order valence-corrected chi connectivity index (χ4v) is 1.75. The van der Waals surface area contributed by atoms with Crippen LogP contribution in [0.2, 0.25) is 0 Å². The lowest BCUT2D eigenvalue weighted by molar-refractivity contribution is -0.120. The third-order valence-corrected chi connectivity index (χ3v) is 2.63. The predicted molar refractivity (Wildman–Crippen MR) is 56.3 cm³/mol. The average molecular weight is 223 g/mol. The van der Waals surface area contributed by atoms with E-state index in [0.717, 1.165) is 5.57 Å². The standard InChI is InChI=1S/C12H11F2NO/c1-7-5-6-10(16)15-12(7)11-8(13)3-2-4-9(11)14/h2-4H,5-6H2,1H3,(H,15,16). The molecule has 1 aliphatic heterocycles. The number of halogens is 2. The van der Waals surface area contributed by atoms with E-state index in [1.54, 1.807) is 6.92 Å². The lowest BCUT2D eigenvalue weighted by Crippen LogP contribution is -2.27. The van der Waals surface area contributed by atoms with Crippen LogP contribution in [-0.2, 0) is 4.79 Å². The molecule has 0 aromatic heterocycles. The molecule has 1 aromatic rings. The van der Waals surface area contributed by atoms with Crippen LogP contribution >= 0.6 is 0 Å². The summed E-state index contributed by atoms with van der Waals surface area (Å²) in [6, 6.07) is 3.66. The molecular formula is C12H11F2NO. The Labute approximate surface area is 92.0 Å². The lowest BCUT2D eigenvalue weighted by Gasteiger charge is -2.19. The maximum absolute atomic E-state index is 13.5. The molecule has 0 aliphatic carbocycles. The summed E-state index contributed by atoms with van der Waals surface area (Å²) in [6.45, 7) is 1.76. The fourth-order valence-electron chi connectivity index (χ4n) is 1.75. The van der Waals surface area contributed by atoms with Gasteiger partial charge in [0.1, 0.15) is 11.6 Å². The summed E-state index contributed by atoms with van der Waals surface area (Å²) in [4.78, 5) is 11.2. The zero-order valence-electron chi connectivity index (χ0n) is 8.81. The highest BCUT2D eigenvalue weighted by molar-refractivity contribution is 5.90. The molecule has 1 heterocycles. The van der Waals surface area contributed by atoms with Gasteiger partial charge in [0.15, 0.2) is 0 Å². The smallest absolute Gasteiger partial charge is 0.224 e. The van der Waals surface area contributed by atoms with Crippen molar-refractivity contribution in [1.29, 1.82) is 0 Å². The summed E-state index contributed by atoms with van der Waals surface area (Å²) < 4.78 is 27.0. The molecule has 0 bridgehead atoms. The van der Waals surface area contributed by atoms with Crippen LogP contribution in [0.3, 0.4) is 0 Å². The molecule has 2 rings (SSSR count). The highest BCUT2D eigenvalue weighted by Crippen LogP contribution is 2.27. The van der Waals surface area contributed by atoms with Gasteiger partial charge < -0.3 is 5.32 Å². The van der Waals surface area contributed by atoms with E-state index in [1.165, 1.54) is 18.2 Å². The molecule has 0 radical (unpaired) electrons. The molecule has 0 atom stereocenters. The van der Waals surface area contributed by atoms with E-state index >= 15 is 0 Å². The van der Waals surface area contributed by atoms with Crippen molar-refractivity contribution in [3.05, 3.63) is 41.0 Å². The van der Waals surface area contributed by atoms with Crippen molar-refractivity contribution in [1.82, 2.24) is 5.32 Å². The van der Waals surface area contributed by atoms with Crippen LogP contribution in [0.4, 0.5) is 8.78 Å². The van der Waals surface area contributed by atoms with Crippen molar-refractivity contribution in [2.75, 3.05) is 0 Å². The molecule has 0 saturated carbocycles. The van der Waals surface area contributed by atoms with Gasteiger partial charge in [0, 0.05) is 6.42 Å². The first-order valence-corrected chi connectivity index (χ1v) is 5.03. The average Bonchev–Trinajstić information content (AvgIpc) is 2.23. The highest BCUT2D eigenvalue weighted by Gasteiger charge is 2.21. The maximum atomic E-state index is 13.5. The van der Waals surface area contributed by atoms with Crippen LogP contribution in [0.1, 0.15) is 25.3 Å². The first kappa shape index (κ1) is 10.8. The summed E-state index contributed by atoms with van der Waals surface area (Å²) in [5.41, 5.74) is 0.920. The summed E-state index contributed by atoms with van der Waals surface area (Å²) in [7, 11) is 0. The number of benzene rings is 1. The minimum atomic E-state index is -0.656. The van der Waals surface area contributed by atoms with Crippen molar-refractivity contribution in [3.63, 3.8) is 0 Å². The molecule has 0 saturated heterocycles. The number of allylic oxidation sites excluding steroid dienone is 1. The van der Waals surface area contributed by atoms with Gasteiger partial charge in [-0.2, -0.15) is 0 Å². The van der Waals surface area contributed by atoms with E-state index < -0.39 is 11.6 Å². The van der Waals surface area contributed by atoms with Gasteiger partial charge in [0.2, 0.25) is 5.91 Å². The zero-order valence-corrected chi connectivity index (χ0v) is 8.81. The van der Waals surface area contributed by atoms with Crippen molar-refractivity contribution in [3.8, 4) is 0 Å². The molecule has 84 valence electrons.